The molecule has 0 aliphatic carbocycles. The molecule has 1 heterocycles. The summed E-state index contributed by atoms with van der Waals surface area (Å²) in [5.41, 5.74) is 2.11. The molecule has 0 atom stereocenters. The summed E-state index contributed by atoms with van der Waals surface area (Å²) in [6.45, 7) is 0. The summed E-state index contributed by atoms with van der Waals surface area (Å²) in [5, 5.41) is 9.33. The Labute approximate surface area is 95.1 Å². The number of phenols is 1. The maximum absolute atomic E-state index is 9.33. The predicted molar refractivity (Wildman–Crippen MR) is 64.7 cm³/mol. The number of aromatic hydroxyl groups is 1. The molecule has 2 heteroatoms. The first-order valence-corrected chi connectivity index (χ1v) is 5.17. The van der Waals surface area contributed by atoms with Crippen molar-refractivity contribution in [3.05, 3.63) is 59.9 Å². The van der Waals surface area contributed by atoms with Crippen LogP contribution >= 0.6 is 0 Å². The third-order valence-electron chi connectivity index (χ3n) is 2.41. The Morgan fingerprint density at radius 2 is 1.94 bits per heavy atom. The number of hydrogen-bond donors (Lipinski definition) is 1. The average Bonchev–Trinajstić information content (AvgIpc) is 2.28. The monoisotopic (exact) mass is 212 g/mol. The van der Waals surface area contributed by atoms with Crippen LogP contribution in [0.1, 0.15) is 11.3 Å². The smallest absolute Gasteiger partial charge is 0.204 e. The van der Waals surface area contributed by atoms with E-state index in [1.54, 1.807) is 12.1 Å². The molecule has 0 radical (unpaired) electrons. The minimum atomic E-state index is 0.291. The van der Waals surface area contributed by atoms with Gasteiger partial charge in [0.25, 0.3) is 0 Å². The third kappa shape index (κ3) is 2.48. The van der Waals surface area contributed by atoms with Gasteiger partial charge in [0.1, 0.15) is 12.8 Å². The van der Waals surface area contributed by atoms with Crippen molar-refractivity contribution in [1.29, 1.82) is 0 Å². The van der Waals surface area contributed by atoms with Gasteiger partial charge >= 0.3 is 0 Å². The summed E-state index contributed by atoms with van der Waals surface area (Å²) in [4.78, 5) is 0. The molecule has 0 unspecified atom stereocenters. The molecule has 1 aromatic heterocycles. The van der Waals surface area contributed by atoms with Crippen molar-refractivity contribution in [2.24, 2.45) is 7.05 Å². The second-order valence-corrected chi connectivity index (χ2v) is 3.66. The van der Waals surface area contributed by atoms with E-state index in [1.807, 2.05) is 60.3 Å². The van der Waals surface area contributed by atoms with E-state index in [4.69, 9.17) is 0 Å². The lowest BCUT2D eigenvalue weighted by Crippen LogP contribution is -2.30. The van der Waals surface area contributed by atoms with Gasteiger partial charge in [0.2, 0.25) is 5.69 Å². The van der Waals surface area contributed by atoms with Crippen molar-refractivity contribution in [2.45, 2.75) is 0 Å². The number of aryl methyl sites for hydroxylation is 1. The lowest BCUT2D eigenvalue weighted by Gasteiger charge is -1.95. The number of pyridine rings is 1. The topological polar surface area (TPSA) is 24.1 Å². The number of hydrogen-bond acceptors (Lipinski definition) is 1. The van der Waals surface area contributed by atoms with Crippen LogP contribution in [0.3, 0.4) is 0 Å². The number of rotatable bonds is 2. The fourth-order valence-electron chi connectivity index (χ4n) is 1.52. The minimum absolute atomic E-state index is 0.291. The van der Waals surface area contributed by atoms with E-state index < -0.39 is 0 Å². The van der Waals surface area contributed by atoms with E-state index in [2.05, 4.69) is 0 Å². The van der Waals surface area contributed by atoms with Crippen LogP contribution in [0.5, 0.6) is 5.75 Å². The van der Waals surface area contributed by atoms with Gasteiger partial charge in [-0.15, -0.1) is 0 Å². The van der Waals surface area contributed by atoms with Gasteiger partial charge in [-0.2, -0.15) is 0 Å². The summed E-state index contributed by atoms with van der Waals surface area (Å²) >= 11 is 0. The molecule has 0 saturated heterocycles. The first-order valence-electron chi connectivity index (χ1n) is 5.17. The van der Waals surface area contributed by atoms with E-state index >= 15 is 0 Å². The molecule has 2 aromatic rings. The molecule has 1 N–H and O–H groups in total. The molecule has 1 aromatic carbocycles. The van der Waals surface area contributed by atoms with Crippen LogP contribution in [0.15, 0.2) is 48.7 Å². The number of phenolic OH excluding ortho intramolecular Hbond substituents is 1. The van der Waals surface area contributed by atoms with Crippen molar-refractivity contribution in [3.63, 3.8) is 0 Å². The van der Waals surface area contributed by atoms with E-state index in [0.29, 0.717) is 5.75 Å². The molecule has 16 heavy (non-hydrogen) atoms. The Kier molecular flexibility index (Phi) is 3.01. The van der Waals surface area contributed by atoms with E-state index in [1.165, 1.54) is 0 Å². The van der Waals surface area contributed by atoms with Crippen LogP contribution in [0, 0.1) is 0 Å². The highest BCUT2D eigenvalue weighted by molar-refractivity contribution is 5.67. The number of nitrogens with zero attached hydrogens (tertiary/aromatic N) is 1. The average molecular weight is 212 g/mol. The Morgan fingerprint density at radius 3 is 2.69 bits per heavy atom. The van der Waals surface area contributed by atoms with Gasteiger partial charge in [0.15, 0.2) is 6.20 Å². The van der Waals surface area contributed by atoms with Crippen molar-refractivity contribution in [3.8, 4) is 5.75 Å². The number of benzene rings is 1. The van der Waals surface area contributed by atoms with E-state index in [0.717, 1.165) is 11.3 Å². The summed E-state index contributed by atoms with van der Waals surface area (Å²) < 4.78 is 2.04. The van der Waals surface area contributed by atoms with Crippen LogP contribution in [0.25, 0.3) is 12.2 Å². The molecule has 0 aliphatic heterocycles. The second-order valence-electron chi connectivity index (χ2n) is 3.66. The standard InChI is InChI=1S/C14H13NO/c1-15-10-3-2-6-13(15)9-8-12-5-4-7-14(16)11-12/h2-11H,1H3/p+1. The zero-order chi connectivity index (χ0) is 11.4. The SMILES string of the molecule is C[n+]1ccccc1C=Cc1cccc(O)c1. The Bertz CT molecular complexity index is 518. The van der Waals surface area contributed by atoms with E-state index in [9.17, 15) is 5.11 Å². The first-order chi connectivity index (χ1) is 7.75. The lowest BCUT2D eigenvalue weighted by atomic mass is 10.2. The van der Waals surface area contributed by atoms with Gasteiger partial charge in [-0.25, -0.2) is 4.57 Å². The van der Waals surface area contributed by atoms with Gasteiger partial charge < -0.3 is 5.11 Å². The van der Waals surface area contributed by atoms with Gasteiger partial charge in [0.05, 0.1) is 0 Å². The normalized spacial score (nSPS) is 10.8. The van der Waals surface area contributed by atoms with Crippen LogP contribution in [-0.4, -0.2) is 5.11 Å². The highest BCUT2D eigenvalue weighted by atomic mass is 16.3. The molecule has 2 rings (SSSR count). The van der Waals surface area contributed by atoms with Crippen molar-refractivity contribution in [1.82, 2.24) is 0 Å². The highest BCUT2D eigenvalue weighted by Gasteiger charge is 1.98. The Balaban J connectivity index is 2.25. The van der Waals surface area contributed by atoms with Gasteiger partial charge in [0, 0.05) is 18.2 Å². The predicted octanol–water partition coefficient (Wildman–Crippen LogP) is 2.39. The summed E-state index contributed by atoms with van der Waals surface area (Å²) in [6.07, 6.45) is 6.01. The quantitative estimate of drug-likeness (QED) is 0.759. The molecule has 0 aliphatic rings. The molecular weight excluding hydrogens is 198 g/mol. The Morgan fingerprint density at radius 1 is 1.06 bits per heavy atom. The van der Waals surface area contributed by atoms with Crippen molar-refractivity contribution < 1.29 is 9.67 Å². The first kappa shape index (κ1) is 10.4. The number of aromatic nitrogens is 1. The molecule has 2 nitrogen and oxygen atoms in total. The summed E-state index contributed by atoms with van der Waals surface area (Å²) in [6, 6.07) is 13.2. The van der Waals surface area contributed by atoms with E-state index in [-0.39, 0.29) is 0 Å². The van der Waals surface area contributed by atoms with Crippen LogP contribution < -0.4 is 4.57 Å². The van der Waals surface area contributed by atoms with Crippen LogP contribution in [-0.2, 0) is 7.05 Å². The largest absolute Gasteiger partial charge is 0.508 e. The highest BCUT2D eigenvalue weighted by Crippen LogP contribution is 2.12. The maximum atomic E-state index is 9.33. The molecule has 80 valence electrons. The van der Waals surface area contributed by atoms with Crippen LogP contribution in [0.2, 0.25) is 0 Å². The fraction of sp³-hybridized carbons (Fsp3) is 0.0714. The van der Waals surface area contributed by atoms with Gasteiger partial charge in [-0.05, 0) is 29.8 Å². The van der Waals surface area contributed by atoms with Gasteiger partial charge in [-0.1, -0.05) is 12.1 Å². The van der Waals surface area contributed by atoms with Crippen molar-refractivity contribution in [2.75, 3.05) is 0 Å². The summed E-state index contributed by atoms with van der Waals surface area (Å²) in [7, 11) is 2.00. The molecule has 0 amide bonds. The fourth-order valence-corrected chi connectivity index (χ4v) is 1.52. The van der Waals surface area contributed by atoms with Crippen molar-refractivity contribution >= 4 is 12.2 Å². The van der Waals surface area contributed by atoms with Gasteiger partial charge in [-0.3, -0.25) is 0 Å². The second kappa shape index (κ2) is 4.62. The van der Waals surface area contributed by atoms with Crippen LogP contribution in [0.4, 0.5) is 0 Å². The maximum Gasteiger partial charge on any atom is 0.204 e. The third-order valence-corrected chi connectivity index (χ3v) is 2.41. The molecule has 0 spiro atoms. The molecule has 0 bridgehead atoms. The minimum Gasteiger partial charge on any atom is -0.508 e. The zero-order valence-electron chi connectivity index (χ0n) is 9.17. The Hall–Kier alpha value is -2.09. The summed E-state index contributed by atoms with van der Waals surface area (Å²) in [5.74, 6) is 0.291. The molecule has 0 saturated carbocycles. The zero-order valence-corrected chi connectivity index (χ0v) is 9.17. The molecule has 0 fully saturated rings. The molecular formula is C14H14NO+. The lowest BCUT2D eigenvalue weighted by molar-refractivity contribution is -0.673.